The third-order valence-corrected chi connectivity index (χ3v) is 4.13. The molecule has 0 radical (unpaired) electrons. The van der Waals surface area contributed by atoms with Gasteiger partial charge in [-0.25, -0.2) is 0 Å². The Balaban J connectivity index is 2.20. The number of rotatable bonds is 4. The van der Waals surface area contributed by atoms with Gasteiger partial charge in [0.05, 0.1) is 28.4 Å². The lowest BCUT2D eigenvalue weighted by Crippen LogP contribution is -2.48. The molecule has 4 nitrogen and oxygen atoms in total. The summed E-state index contributed by atoms with van der Waals surface area (Å²) in [6, 6.07) is 0.642. The Bertz CT molecular complexity index is 1090. The van der Waals surface area contributed by atoms with Gasteiger partial charge in [0.25, 0.3) is 0 Å². The fraction of sp³-hybridized carbons (Fsp3) is 0.684. The Morgan fingerprint density at radius 3 is 3.00 bits per heavy atom. The zero-order valence-electron chi connectivity index (χ0n) is 28.5. The molecule has 0 saturated carbocycles. The number of hydrogen-bond donors (Lipinski definition) is 1. The van der Waals surface area contributed by atoms with Gasteiger partial charge in [-0.05, 0) is 54.2 Å². The molecule has 0 amide bonds. The number of aliphatic hydroxyl groups excluding tert-OH is 1. The van der Waals surface area contributed by atoms with Gasteiger partial charge in [-0.2, -0.15) is 0 Å². The van der Waals surface area contributed by atoms with Crippen LogP contribution in [-0.4, -0.2) is 43.2 Å². The van der Waals surface area contributed by atoms with Crippen LogP contribution in [0.15, 0.2) is 12.1 Å². The predicted octanol–water partition coefficient (Wildman–Crippen LogP) is 3.03. The van der Waals surface area contributed by atoms with Crippen molar-refractivity contribution in [2.75, 3.05) is 27.1 Å². The number of nitrogens with zero attached hydrogens (tertiary/aromatic N) is 1. The number of methoxy groups -OCH3 is 2. The second-order valence-electron chi connectivity index (χ2n) is 5.67. The molecule has 1 aromatic carbocycles. The first-order chi connectivity index (χ1) is 17.1. The largest absolute Gasteiger partial charge is 0.493 e. The molecule has 1 saturated heterocycles. The van der Waals surface area contributed by atoms with Gasteiger partial charge in [-0.15, -0.1) is 0 Å². The van der Waals surface area contributed by atoms with E-state index in [-0.39, 0.29) is 5.56 Å². The van der Waals surface area contributed by atoms with Crippen molar-refractivity contribution in [3.8, 4) is 11.5 Å². The Kier molecular flexibility index (Phi) is 1.72. The van der Waals surface area contributed by atoms with Crippen LogP contribution >= 0.6 is 0 Å². The Morgan fingerprint density at radius 2 is 2.26 bits per heavy atom. The van der Waals surface area contributed by atoms with E-state index in [4.69, 9.17) is 31.4 Å². The lowest BCUT2D eigenvalue weighted by Gasteiger charge is -2.46. The van der Waals surface area contributed by atoms with E-state index in [1.807, 2.05) is 0 Å². The molecule has 3 rings (SSSR count). The third-order valence-electron chi connectivity index (χ3n) is 4.13. The van der Waals surface area contributed by atoms with Crippen LogP contribution in [-0.2, 0) is 6.37 Å². The topological polar surface area (TPSA) is 41.9 Å². The van der Waals surface area contributed by atoms with E-state index in [1.54, 1.807) is 0 Å². The van der Waals surface area contributed by atoms with E-state index in [0.717, 1.165) is 24.0 Å². The summed E-state index contributed by atoms with van der Waals surface area (Å²) < 4.78 is 137. The van der Waals surface area contributed by atoms with Crippen LogP contribution in [0, 0.1) is 11.8 Å². The normalized spacial score (nSPS) is 47.0. The van der Waals surface area contributed by atoms with Crippen molar-refractivity contribution < 1.29 is 36.5 Å². The minimum atomic E-state index is -3.12. The number of aliphatic hydroxyl groups is 1. The van der Waals surface area contributed by atoms with Crippen molar-refractivity contribution in [2.45, 2.75) is 45.1 Å². The SMILES string of the molecule is [2H]C([2H])([2H])Oc1cc2c(cc1OC([2H])([2H])[2H])C([2H])([2H])C([2H])([2H])N1C[C@H](C([2H])([2H])C([2H])(C)C([2H])([2H])[2H])[C@H](O)C[C@@H]21. The number of fused-ring (bicyclic) bond motifs is 3. The Hall–Kier alpha value is -1.26. The highest BCUT2D eigenvalue weighted by molar-refractivity contribution is 5.49. The number of hydrogen-bond acceptors (Lipinski definition) is 4. The summed E-state index contributed by atoms with van der Waals surface area (Å²) >= 11 is 0. The average molecular weight is 336 g/mol. The van der Waals surface area contributed by atoms with Crippen molar-refractivity contribution >= 4 is 0 Å². The number of benzene rings is 1. The smallest absolute Gasteiger partial charge is 0.161 e. The zero-order valence-corrected chi connectivity index (χ0v) is 12.5. The maximum absolute atomic E-state index is 11.0. The standard InChI is InChI=1S/C19H29NO3/c1-12(2)7-14-11-20-6-5-13-8-18(22-3)19(23-4)9-15(13)16(20)10-17(14)21/h8-9,12,14,16-17,21H,5-7,10-11H2,1-4H3/t14-,16-,17+/m0/s1/i1D3,3D3,4D3,5D2,6D2,7D2,12D/t12?,14-,16-,17+. The van der Waals surface area contributed by atoms with Crippen LogP contribution < -0.4 is 9.47 Å². The van der Waals surface area contributed by atoms with Gasteiger partial charge in [0.15, 0.2) is 11.5 Å². The lowest BCUT2D eigenvalue weighted by atomic mass is 9.79. The predicted molar refractivity (Wildman–Crippen MR) is 91.1 cm³/mol. The first kappa shape index (κ1) is 5.92. The fourth-order valence-electron chi connectivity index (χ4n) is 3.07. The molecule has 1 fully saturated rings. The molecule has 0 bridgehead atoms. The van der Waals surface area contributed by atoms with E-state index in [9.17, 15) is 5.11 Å². The van der Waals surface area contributed by atoms with Gasteiger partial charge in [0.1, 0.15) is 0 Å². The quantitative estimate of drug-likeness (QED) is 0.918. The molecule has 0 aromatic heterocycles. The number of piperidine rings is 1. The third kappa shape index (κ3) is 3.20. The molecule has 2 aliphatic rings. The molecule has 2 aliphatic heterocycles. The Labute approximate surface area is 161 Å². The van der Waals surface area contributed by atoms with Crippen LogP contribution in [0.5, 0.6) is 11.5 Å². The van der Waals surface area contributed by atoms with Crippen LogP contribution in [0.3, 0.4) is 0 Å². The molecule has 0 spiro atoms. The molecule has 2 heterocycles. The van der Waals surface area contributed by atoms with E-state index >= 15 is 0 Å². The van der Waals surface area contributed by atoms with Crippen LogP contribution in [0.1, 0.15) is 65.7 Å². The monoisotopic (exact) mass is 335 g/mol. The molecule has 4 atom stereocenters. The molecular weight excluding hydrogens is 290 g/mol. The number of aryl methyl sites for hydroxylation is 1. The van der Waals surface area contributed by atoms with E-state index in [1.165, 1.54) is 0 Å². The Morgan fingerprint density at radius 1 is 1.48 bits per heavy atom. The minimum Gasteiger partial charge on any atom is -0.493 e. The lowest BCUT2D eigenvalue weighted by molar-refractivity contribution is -0.0191. The van der Waals surface area contributed by atoms with E-state index in [0.29, 0.717) is 0 Å². The minimum absolute atomic E-state index is 0.0604. The van der Waals surface area contributed by atoms with Crippen molar-refractivity contribution in [3.63, 3.8) is 0 Å². The van der Waals surface area contributed by atoms with Gasteiger partial charge in [-0.1, -0.05) is 13.8 Å². The van der Waals surface area contributed by atoms with Crippen LogP contribution in [0.25, 0.3) is 0 Å². The van der Waals surface area contributed by atoms with Gasteiger partial charge in [0.2, 0.25) is 0 Å². The highest BCUT2D eigenvalue weighted by Crippen LogP contribution is 2.43. The molecule has 1 aromatic rings. The van der Waals surface area contributed by atoms with Gasteiger partial charge in [-0.3, -0.25) is 4.90 Å². The first-order valence-corrected chi connectivity index (χ1v) is 7.16. The summed E-state index contributed by atoms with van der Waals surface area (Å²) in [7, 11) is -6.18. The number of ether oxygens (including phenoxy) is 2. The van der Waals surface area contributed by atoms with Crippen molar-refractivity contribution in [3.05, 3.63) is 23.3 Å². The summed E-state index contributed by atoms with van der Waals surface area (Å²) in [6.07, 6.45) is -7.88. The highest BCUT2D eigenvalue weighted by Gasteiger charge is 2.38. The summed E-state index contributed by atoms with van der Waals surface area (Å²) in [5, 5.41) is 11.0. The molecule has 23 heavy (non-hydrogen) atoms. The fourth-order valence-corrected chi connectivity index (χ4v) is 3.07. The first-order valence-electron chi connectivity index (χ1n) is 15.2. The maximum Gasteiger partial charge on any atom is 0.161 e. The summed E-state index contributed by atoms with van der Waals surface area (Å²) in [6.45, 7) is -5.88. The zero-order chi connectivity index (χ0) is 30.4. The second kappa shape index (κ2) is 6.70. The molecule has 128 valence electrons. The van der Waals surface area contributed by atoms with E-state index in [2.05, 4.69) is 0 Å². The molecule has 0 aliphatic carbocycles. The van der Waals surface area contributed by atoms with Gasteiger partial charge < -0.3 is 14.6 Å². The highest BCUT2D eigenvalue weighted by atomic mass is 16.5. The van der Waals surface area contributed by atoms with Gasteiger partial charge in [0, 0.05) is 32.8 Å². The molecule has 1 N–H and O–H groups in total. The van der Waals surface area contributed by atoms with Crippen LogP contribution in [0.2, 0.25) is 0 Å². The molecule has 1 unspecified atom stereocenters. The summed E-state index contributed by atoms with van der Waals surface area (Å²) in [5.41, 5.74) is -0.456. The summed E-state index contributed by atoms with van der Waals surface area (Å²) in [5.74, 6) is -5.62. The second-order valence-corrected chi connectivity index (χ2v) is 5.67. The summed E-state index contributed by atoms with van der Waals surface area (Å²) in [4.78, 5) is 0.906. The van der Waals surface area contributed by atoms with Crippen molar-refractivity contribution in [2.24, 2.45) is 11.8 Å². The average Bonchev–Trinajstić information content (AvgIpc) is 2.70. The maximum atomic E-state index is 11.0. The van der Waals surface area contributed by atoms with E-state index < -0.39 is 94.2 Å². The molecule has 4 heteroatoms. The van der Waals surface area contributed by atoms with Crippen molar-refractivity contribution in [1.82, 2.24) is 4.90 Å². The molecular formula is C19H29NO3. The van der Waals surface area contributed by atoms with Crippen molar-refractivity contribution in [1.29, 1.82) is 0 Å². The van der Waals surface area contributed by atoms with Crippen LogP contribution in [0.4, 0.5) is 0 Å². The van der Waals surface area contributed by atoms with Gasteiger partial charge >= 0.3 is 0 Å².